The number of hydrogen-bond acceptors (Lipinski definition) is 4. The molecule has 0 saturated heterocycles. The predicted molar refractivity (Wildman–Crippen MR) is 93.5 cm³/mol. The molecule has 0 radical (unpaired) electrons. The molecule has 126 valence electrons. The van der Waals surface area contributed by atoms with Crippen LogP contribution in [0.25, 0.3) is 16.7 Å². The number of amides is 1. The topological polar surface area (TPSA) is 72.7 Å². The van der Waals surface area contributed by atoms with E-state index in [9.17, 15) is 9.18 Å². The van der Waals surface area contributed by atoms with Crippen molar-refractivity contribution in [1.29, 1.82) is 0 Å². The van der Waals surface area contributed by atoms with Crippen LogP contribution in [0.1, 0.15) is 17.2 Å². The number of carbonyl (C=O) groups excluding carboxylic acids is 1. The number of benzene rings is 2. The standard InChI is InChI=1S/C19H12FN5O/c20-11-6-7-13-15(8-11)23-19(26)16(13)17-14-9-25(12-4-2-1-3-5-12)24-18(14)22-10-21-17/h1-10,16H,(H,23,26). The van der Waals surface area contributed by atoms with Crippen LogP contribution in [0.4, 0.5) is 10.1 Å². The monoisotopic (exact) mass is 345 g/mol. The minimum atomic E-state index is -0.621. The molecule has 26 heavy (non-hydrogen) atoms. The summed E-state index contributed by atoms with van der Waals surface area (Å²) in [5.41, 5.74) is 3.11. The lowest BCUT2D eigenvalue weighted by molar-refractivity contribution is -0.116. The van der Waals surface area contributed by atoms with Crippen LogP contribution in [0.5, 0.6) is 0 Å². The van der Waals surface area contributed by atoms with Gasteiger partial charge in [-0.2, -0.15) is 0 Å². The lowest BCUT2D eigenvalue weighted by Gasteiger charge is -2.08. The van der Waals surface area contributed by atoms with Gasteiger partial charge in [0.2, 0.25) is 5.91 Å². The molecule has 1 atom stereocenters. The van der Waals surface area contributed by atoms with E-state index in [1.807, 2.05) is 36.5 Å². The summed E-state index contributed by atoms with van der Waals surface area (Å²) in [5.74, 6) is -1.25. The van der Waals surface area contributed by atoms with E-state index < -0.39 is 11.7 Å². The van der Waals surface area contributed by atoms with Crippen LogP contribution in [-0.2, 0) is 4.79 Å². The number of halogens is 1. The summed E-state index contributed by atoms with van der Waals surface area (Å²) < 4.78 is 15.2. The first kappa shape index (κ1) is 14.7. The highest BCUT2D eigenvalue weighted by Crippen LogP contribution is 2.38. The van der Waals surface area contributed by atoms with Crippen LogP contribution in [0.2, 0.25) is 0 Å². The number of anilines is 1. The zero-order valence-corrected chi connectivity index (χ0v) is 13.4. The number of rotatable bonds is 2. The van der Waals surface area contributed by atoms with Crippen molar-refractivity contribution in [2.24, 2.45) is 0 Å². The second-order valence-electron chi connectivity index (χ2n) is 6.06. The summed E-state index contributed by atoms with van der Waals surface area (Å²) in [6.45, 7) is 0. The van der Waals surface area contributed by atoms with Gasteiger partial charge < -0.3 is 5.32 Å². The van der Waals surface area contributed by atoms with E-state index in [1.165, 1.54) is 18.5 Å². The molecule has 1 aliphatic rings. The van der Waals surface area contributed by atoms with E-state index in [-0.39, 0.29) is 5.91 Å². The second-order valence-corrected chi connectivity index (χ2v) is 6.06. The van der Waals surface area contributed by atoms with Crippen LogP contribution in [-0.4, -0.2) is 25.7 Å². The Labute approximate surface area is 147 Å². The van der Waals surface area contributed by atoms with Gasteiger partial charge in [-0.25, -0.2) is 19.0 Å². The third kappa shape index (κ3) is 2.17. The number of para-hydroxylation sites is 1. The number of carbonyl (C=O) groups is 1. The number of nitrogens with one attached hydrogen (secondary N) is 1. The van der Waals surface area contributed by atoms with Gasteiger partial charge >= 0.3 is 0 Å². The van der Waals surface area contributed by atoms with Crippen molar-refractivity contribution >= 4 is 22.6 Å². The molecule has 1 unspecified atom stereocenters. The number of nitrogens with zero attached hydrogens (tertiary/aromatic N) is 4. The summed E-state index contributed by atoms with van der Waals surface area (Å²) in [7, 11) is 0. The number of aromatic nitrogens is 4. The van der Waals surface area contributed by atoms with Gasteiger partial charge in [0.05, 0.1) is 16.8 Å². The highest BCUT2D eigenvalue weighted by molar-refractivity contribution is 6.06. The first-order chi connectivity index (χ1) is 12.7. The Morgan fingerprint density at radius 2 is 1.92 bits per heavy atom. The third-order valence-corrected chi connectivity index (χ3v) is 4.49. The van der Waals surface area contributed by atoms with Crippen LogP contribution in [0.3, 0.4) is 0 Å². The molecule has 2 aromatic heterocycles. The van der Waals surface area contributed by atoms with Crippen LogP contribution < -0.4 is 5.32 Å². The Bertz CT molecular complexity index is 1160. The summed E-state index contributed by atoms with van der Waals surface area (Å²) in [4.78, 5) is 21.1. The van der Waals surface area contributed by atoms with Crippen molar-refractivity contribution < 1.29 is 9.18 Å². The molecule has 1 amide bonds. The molecule has 0 bridgehead atoms. The van der Waals surface area contributed by atoms with E-state index >= 15 is 0 Å². The number of fused-ring (bicyclic) bond motifs is 2. The average Bonchev–Trinajstić information content (AvgIpc) is 3.22. The Hall–Kier alpha value is -3.61. The maximum absolute atomic E-state index is 13.5. The van der Waals surface area contributed by atoms with Crippen molar-refractivity contribution in [1.82, 2.24) is 19.7 Å². The third-order valence-electron chi connectivity index (χ3n) is 4.49. The maximum Gasteiger partial charge on any atom is 0.238 e. The first-order valence-electron chi connectivity index (χ1n) is 8.07. The van der Waals surface area contributed by atoms with Gasteiger partial charge in [-0.15, -0.1) is 5.10 Å². The minimum Gasteiger partial charge on any atom is -0.325 e. The van der Waals surface area contributed by atoms with Gasteiger partial charge in [0.25, 0.3) is 0 Å². The highest BCUT2D eigenvalue weighted by atomic mass is 19.1. The smallest absolute Gasteiger partial charge is 0.238 e. The molecule has 0 fully saturated rings. The first-order valence-corrected chi connectivity index (χ1v) is 8.07. The fourth-order valence-corrected chi connectivity index (χ4v) is 3.31. The molecule has 5 rings (SSSR count). The van der Waals surface area contributed by atoms with Crippen LogP contribution in [0, 0.1) is 5.82 Å². The second kappa shape index (κ2) is 5.45. The van der Waals surface area contributed by atoms with Gasteiger partial charge in [0.1, 0.15) is 18.1 Å². The van der Waals surface area contributed by atoms with Gasteiger partial charge in [-0.1, -0.05) is 24.3 Å². The molecule has 0 spiro atoms. The molecule has 7 heteroatoms. The molecular formula is C19H12FN5O. The lowest BCUT2D eigenvalue weighted by Crippen LogP contribution is -2.14. The molecular weight excluding hydrogens is 333 g/mol. The normalized spacial score (nSPS) is 15.9. The molecule has 0 saturated carbocycles. The molecule has 1 N–H and O–H groups in total. The van der Waals surface area contributed by atoms with E-state index in [1.54, 1.807) is 10.7 Å². The van der Waals surface area contributed by atoms with E-state index in [0.29, 0.717) is 28.0 Å². The van der Waals surface area contributed by atoms with E-state index in [0.717, 1.165) is 5.69 Å². The lowest BCUT2D eigenvalue weighted by atomic mass is 9.95. The predicted octanol–water partition coefficient (Wildman–Crippen LogP) is 3.04. The maximum atomic E-state index is 13.5. The molecule has 0 aliphatic carbocycles. The average molecular weight is 345 g/mol. The van der Waals surface area contributed by atoms with Gasteiger partial charge in [0.15, 0.2) is 5.65 Å². The summed E-state index contributed by atoms with van der Waals surface area (Å²) >= 11 is 0. The minimum absolute atomic E-state index is 0.238. The van der Waals surface area contributed by atoms with Crippen LogP contribution >= 0.6 is 0 Å². The summed E-state index contributed by atoms with van der Waals surface area (Å²) in [5, 5.41) is 7.90. The summed E-state index contributed by atoms with van der Waals surface area (Å²) in [6.07, 6.45) is 3.21. The van der Waals surface area contributed by atoms with Crippen molar-refractivity contribution in [2.75, 3.05) is 5.32 Å². The van der Waals surface area contributed by atoms with Gasteiger partial charge in [0, 0.05) is 11.9 Å². The fourth-order valence-electron chi connectivity index (χ4n) is 3.31. The van der Waals surface area contributed by atoms with Crippen molar-refractivity contribution in [3.63, 3.8) is 0 Å². The van der Waals surface area contributed by atoms with Gasteiger partial charge in [-0.05, 0) is 29.8 Å². The van der Waals surface area contributed by atoms with Crippen molar-refractivity contribution in [3.8, 4) is 5.69 Å². The Balaban J connectivity index is 1.69. The zero-order chi connectivity index (χ0) is 17.7. The molecule has 6 nitrogen and oxygen atoms in total. The molecule has 4 aromatic rings. The van der Waals surface area contributed by atoms with Gasteiger partial charge in [-0.3, -0.25) is 4.79 Å². The Kier molecular flexibility index (Phi) is 3.08. The zero-order valence-electron chi connectivity index (χ0n) is 13.4. The number of hydrogen-bond donors (Lipinski definition) is 1. The van der Waals surface area contributed by atoms with Crippen LogP contribution in [0.15, 0.2) is 61.1 Å². The quantitative estimate of drug-likeness (QED) is 0.606. The Morgan fingerprint density at radius 3 is 2.77 bits per heavy atom. The summed E-state index contributed by atoms with van der Waals surface area (Å²) in [6, 6.07) is 13.9. The molecule has 2 aromatic carbocycles. The Morgan fingerprint density at radius 1 is 1.08 bits per heavy atom. The van der Waals surface area contributed by atoms with E-state index in [2.05, 4.69) is 20.4 Å². The van der Waals surface area contributed by atoms with E-state index in [4.69, 9.17) is 0 Å². The molecule has 1 aliphatic heterocycles. The van der Waals surface area contributed by atoms with Crippen molar-refractivity contribution in [2.45, 2.75) is 5.92 Å². The highest BCUT2D eigenvalue weighted by Gasteiger charge is 2.35. The SMILES string of the molecule is O=C1Nc2cc(F)ccc2C1c1ncnc2nn(-c3ccccc3)cc12. The van der Waals surface area contributed by atoms with Crippen molar-refractivity contribution in [3.05, 3.63) is 78.1 Å². The fraction of sp³-hybridized carbons (Fsp3) is 0.0526. The largest absolute Gasteiger partial charge is 0.325 e. The molecule has 3 heterocycles.